The Morgan fingerprint density at radius 1 is 1.25 bits per heavy atom. The van der Waals surface area contributed by atoms with Gasteiger partial charge in [-0.3, -0.25) is 4.98 Å². The monoisotopic (exact) mass is 209 g/mol. The zero-order chi connectivity index (χ0) is 11.0. The fourth-order valence-electron chi connectivity index (χ4n) is 1.87. The number of pyridine rings is 2. The summed E-state index contributed by atoms with van der Waals surface area (Å²) in [5.41, 5.74) is 4.35. The van der Waals surface area contributed by atoms with Gasteiger partial charge < -0.3 is 4.98 Å². The molecule has 3 aromatic heterocycles. The molecule has 0 bridgehead atoms. The Labute approximate surface area is 93.2 Å². The highest BCUT2D eigenvalue weighted by atomic mass is 14.8. The number of aromatic amines is 1. The van der Waals surface area contributed by atoms with Crippen LogP contribution in [-0.2, 0) is 0 Å². The average Bonchev–Trinajstić information content (AvgIpc) is 2.73. The number of rotatable bonds is 1. The first-order valence-electron chi connectivity index (χ1n) is 5.19. The number of aryl methyl sites for hydroxylation is 1. The molecular formula is C13H11N3. The zero-order valence-electron chi connectivity index (χ0n) is 8.94. The van der Waals surface area contributed by atoms with E-state index in [1.54, 1.807) is 6.20 Å². The Balaban J connectivity index is 2.29. The minimum atomic E-state index is 0.921. The molecular weight excluding hydrogens is 198 g/mol. The van der Waals surface area contributed by atoms with Crippen LogP contribution in [0.15, 0.2) is 43.0 Å². The molecule has 78 valence electrons. The molecule has 3 nitrogen and oxygen atoms in total. The lowest BCUT2D eigenvalue weighted by Gasteiger charge is -1.98. The average molecular weight is 209 g/mol. The van der Waals surface area contributed by atoms with Crippen LogP contribution in [-0.4, -0.2) is 15.0 Å². The van der Waals surface area contributed by atoms with E-state index in [9.17, 15) is 0 Å². The van der Waals surface area contributed by atoms with Crippen LogP contribution in [0.3, 0.4) is 0 Å². The van der Waals surface area contributed by atoms with Crippen molar-refractivity contribution in [2.24, 2.45) is 0 Å². The molecule has 0 aliphatic carbocycles. The highest BCUT2D eigenvalue weighted by molar-refractivity contribution is 5.93. The molecule has 0 amide bonds. The number of hydrogen-bond donors (Lipinski definition) is 1. The van der Waals surface area contributed by atoms with Crippen LogP contribution < -0.4 is 0 Å². The molecule has 0 saturated heterocycles. The summed E-state index contributed by atoms with van der Waals surface area (Å²) in [5.74, 6) is 0. The number of nitrogens with zero attached hydrogens (tertiary/aromatic N) is 2. The van der Waals surface area contributed by atoms with E-state index in [1.807, 2.05) is 31.6 Å². The Bertz CT molecular complexity index is 626. The third kappa shape index (κ3) is 1.37. The maximum atomic E-state index is 4.35. The Kier molecular flexibility index (Phi) is 1.96. The van der Waals surface area contributed by atoms with Crippen molar-refractivity contribution in [2.45, 2.75) is 6.92 Å². The standard InChI is InChI=1S/C13H11N3/c1-9-5-11-12(8-16-13(11)15-6-9)10-3-2-4-14-7-10/h2-8H,1H3,(H,15,16). The van der Waals surface area contributed by atoms with Crippen LogP contribution in [0.5, 0.6) is 0 Å². The summed E-state index contributed by atoms with van der Waals surface area (Å²) in [4.78, 5) is 11.7. The normalized spacial score (nSPS) is 10.8. The maximum absolute atomic E-state index is 4.35. The predicted octanol–water partition coefficient (Wildman–Crippen LogP) is 2.93. The fourth-order valence-corrected chi connectivity index (χ4v) is 1.87. The molecule has 16 heavy (non-hydrogen) atoms. The van der Waals surface area contributed by atoms with Crippen molar-refractivity contribution in [1.29, 1.82) is 0 Å². The third-order valence-corrected chi connectivity index (χ3v) is 2.64. The van der Waals surface area contributed by atoms with Gasteiger partial charge in [0.25, 0.3) is 0 Å². The number of fused-ring (bicyclic) bond motifs is 1. The van der Waals surface area contributed by atoms with E-state index in [0.29, 0.717) is 0 Å². The number of aromatic nitrogens is 3. The molecule has 0 unspecified atom stereocenters. The van der Waals surface area contributed by atoms with Crippen molar-refractivity contribution in [3.05, 3.63) is 48.5 Å². The molecule has 0 fully saturated rings. The minimum absolute atomic E-state index is 0.921. The molecule has 0 aliphatic rings. The first-order valence-corrected chi connectivity index (χ1v) is 5.19. The second-order valence-electron chi connectivity index (χ2n) is 3.85. The largest absolute Gasteiger partial charge is 0.346 e. The molecule has 0 aromatic carbocycles. The number of H-pyrrole nitrogens is 1. The molecule has 0 radical (unpaired) electrons. The fraction of sp³-hybridized carbons (Fsp3) is 0.0769. The Hall–Kier alpha value is -2.16. The Morgan fingerprint density at radius 3 is 3.00 bits per heavy atom. The van der Waals surface area contributed by atoms with Crippen molar-refractivity contribution in [3.63, 3.8) is 0 Å². The SMILES string of the molecule is Cc1cnc2[nH]cc(-c3cccnc3)c2c1. The van der Waals surface area contributed by atoms with Crippen LogP contribution in [0.2, 0.25) is 0 Å². The van der Waals surface area contributed by atoms with Crippen molar-refractivity contribution >= 4 is 11.0 Å². The van der Waals surface area contributed by atoms with Gasteiger partial charge in [-0.1, -0.05) is 6.07 Å². The quantitative estimate of drug-likeness (QED) is 0.669. The van der Waals surface area contributed by atoms with Crippen molar-refractivity contribution in [3.8, 4) is 11.1 Å². The summed E-state index contributed by atoms with van der Waals surface area (Å²) in [5, 5.41) is 1.15. The van der Waals surface area contributed by atoms with Gasteiger partial charge in [-0.05, 0) is 24.6 Å². The lowest BCUT2D eigenvalue weighted by molar-refractivity contribution is 1.29. The van der Waals surface area contributed by atoms with Gasteiger partial charge in [0.1, 0.15) is 5.65 Å². The van der Waals surface area contributed by atoms with Crippen LogP contribution in [0.25, 0.3) is 22.2 Å². The van der Waals surface area contributed by atoms with Crippen LogP contribution in [0.4, 0.5) is 0 Å². The van der Waals surface area contributed by atoms with E-state index in [4.69, 9.17) is 0 Å². The second kappa shape index (κ2) is 3.45. The molecule has 0 aliphatic heterocycles. The summed E-state index contributed by atoms with van der Waals surface area (Å²) in [6.45, 7) is 2.05. The van der Waals surface area contributed by atoms with Gasteiger partial charge in [0.2, 0.25) is 0 Å². The summed E-state index contributed by atoms with van der Waals surface area (Å²) in [6, 6.07) is 6.14. The van der Waals surface area contributed by atoms with E-state index in [0.717, 1.165) is 27.7 Å². The topological polar surface area (TPSA) is 41.6 Å². The molecule has 0 saturated carbocycles. The van der Waals surface area contributed by atoms with Crippen molar-refractivity contribution in [2.75, 3.05) is 0 Å². The summed E-state index contributed by atoms with van der Waals surface area (Å²) < 4.78 is 0. The van der Waals surface area contributed by atoms with Gasteiger partial charge >= 0.3 is 0 Å². The molecule has 3 heterocycles. The van der Waals surface area contributed by atoms with Gasteiger partial charge in [-0.2, -0.15) is 0 Å². The molecule has 0 spiro atoms. The van der Waals surface area contributed by atoms with Crippen LogP contribution in [0, 0.1) is 6.92 Å². The number of nitrogens with one attached hydrogen (secondary N) is 1. The molecule has 3 rings (SSSR count). The van der Waals surface area contributed by atoms with E-state index in [1.165, 1.54) is 0 Å². The van der Waals surface area contributed by atoms with E-state index in [2.05, 4.69) is 27.1 Å². The first-order chi connectivity index (χ1) is 7.84. The molecule has 3 heteroatoms. The molecule has 0 atom stereocenters. The summed E-state index contributed by atoms with van der Waals surface area (Å²) >= 11 is 0. The predicted molar refractivity (Wildman–Crippen MR) is 64.1 cm³/mol. The van der Waals surface area contributed by atoms with Gasteiger partial charge in [0, 0.05) is 41.3 Å². The zero-order valence-corrected chi connectivity index (χ0v) is 8.94. The second-order valence-corrected chi connectivity index (χ2v) is 3.85. The summed E-state index contributed by atoms with van der Waals surface area (Å²) in [6.07, 6.45) is 7.49. The lowest BCUT2D eigenvalue weighted by atomic mass is 10.1. The van der Waals surface area contributed by atoms with Gasteiger partial charge in [0.15, 0.2) is 0 Å². The first kappa shape index (κ1) is 9.09. The van der Waals surface area contributed by atoms with Crippen molar-refractivity contribution in [1.82, 2.24) is 15.0 Å². The van der Waals surface area contributed by atoms with Crippen molar-refractivity contribution < 1.29 is 0 Å². The maximum Gasteiger partial charge on any atom is 0.137 e. The van der Waals surface area contributed by atoms with E-state index in [-0.39, 0.29) is 0 Å². The molecule has 1 N–H and O–H groups in total. The molecule has 3 aromatic rings. The summed E-state index contributed by atoms with van der Waals surface area (Å²) in [7, 11) is 0. The number of hydrogen-bond acceptors (Lipinski definition) is 2. The third-order valence-electron chi connectivity index (χ3n) is 2.64. The highest BCUT2D eigenvalue weighted by Crippen LogP contribution is 2.27. The highest BCUT2D eigenvalue weighted by Gasteiger charge is 2.06. The smallest absolute Gasteiger partial charge is 0.137 e. The van der Waals surface area contributed by atoms with Gasteiger partial charge in [0.05, 0.1) is 0 Å². The van der Waals surface area contributed by atoms with Crippen LogP contribution >= 0.6 is 0 Å². The van der Waals surface area contributed by atoms with Gasteiger partial charge in [-0.25, -0.2) is 4.98 Å². The lowest BCUT2D eigenvalue weighted by Crippen LogP contribution is -1.80. The van der Waals surface area contributed by atoms with Gasteiger partial charge in [-0.15, -0.1) is 0 Å². The Morgan fingerprint density at radius 2 is 2.19 bits per heavy atom. The van der Waals surface area contributed by atoms with E-state index < -0.39 is 0 Å². The van der Waals surface area contributed by atoms with Crippen LogP contribution in [0.1, 0.15) is 5.56 Å². The minimum Gasteiger partial charge on any atom is -0.346 e. The van der Waals surface area contributed by atoms with E-state index >= 15 is 0 Å².